The Morgan fingerprint density at radius 2 is 2.20 bits per heavy atom. The van der Waals surface area contributed by atoms with Crippen molar-refractivity contribution in [3.05, 3.63) is 35.9 Å². The summed E-state index contributed by atoms with van der Waals surface area (Å²) in [6.45, 7) is 3.77. The first-order chi connectivity index (χ1) is 9.67. The van der Waals surface area contributed by atoms with Gasteiger partial charge in [0.25, 0.3) is 0 Å². The van der Waals surface area contributed by atoms with Gasteiger partial charge in [-0.1, -0.05) is 37.3 Å². The van der Waals surface area contributed by atoms with Gasteiger partial charge in [-0.2, -0.15) is 0 Å². The maximum atomic E-state index is 12.1. The molecule has 5 nitrogen and oxygen atoms in total. The van der Waals surface area contributed by atoms with E-state index < -0.39 is 0 Å². The van der Waals surface area contributed by atoms with Crippen LogP contribution >= 0.6 is 0 Å². The van der Waals surface area contributed by atoms with Crippen molar-refractivity contribution in [2.75, 3.05) is 19.7 Å². The Morgan fingerprint density at radius 3 is 2.80 bits per heavy atom. The van der Waals surface area contributed by atoms with Gasteiger partial charge in [0.1, 0.15) is 0 Å². The van der Waals surface area contributed by atoms with Crippen LogP contribution < -0.4 is 11.3 Å². The average Bonchev–Trinajstić information content (AvgIpc) is 2.84. The molecule has 1 amide bonds. The largest absolute Gasteiger partial charge is 0.395 e. The van der Waals surface area contributed by atoms with Crippen molar-refractivity contribution < 1.29 is 9.90 Å². The summed E-state index contributed by atoms with van der Waals surface area (Å²) in [5, 5.41) is 9.52. The lowest BCUT2D eigenvalue weighted by Crippen LogP contribution is -2.43. The zero-order valence-electron chi connectivity index (χ0n) is 11.8. The highest BCUT2D eigenvalue weighted by atomic mass is 16.3. The van der Waals surface area contributed by atoms with Crippen molar-refractivity contribution in [3.63, 3.8) is 0 Å². The molecule has 110 valence electrons. The highest BCUT2D eigenvalue weighted by molar-refractivity contribution is 5.83. The number of hydrogen-bond donors (Lipinski definition) is 3. The van der Waals surface area contributed by atoms with E-state index in [1.165, 1.54) is 0 Å². The van der Waals surface area contributed by atoms with Gasteiger partial charge in [-0.05, 0) is 24.4 Å². The number of likely N-dealkylation sites (tertiary alicyclic amines) is 1. The molecular formula is C15H23N3O2. The summed E-state index contributed by atoms with van der Waals surface area (Å²) in [7, 11) is 0. The van der Waals surface area contributed by atoms with Crippen LogP contribution in [-0.2, 0) is 4.79 Å². The second-order valence-corrected chi connectivity index (χ2v) is 5.48. The number of nitrogens with two attached hydrogens (primary N) is 1. The Balaban J connectivity index is 2.15. The topological polar surface area (TPSA) is 78.6 Å². The monoisotopic (exact) mass is 277 g/mol. The second-order valence-electron chi connectivity index (χ2n) is 5.48. The van der Waals surface area contributed by atoms with Crippen molar-refractivity contribution in [1.82, 2.24) is 10.3 Å². The molecule has 20 heavy (non-hydrogen) atoms. The summed E-state index contributed by atoms with van der Waals surface area (Å²) < 4.78 is 0. The standard InChI is InChI=1S/C15H23N3O2/c1-11-7-8-18(14(11)10-19)9-13(15(20)17-16)12-5-3-2-4-6-12/h2-6,11,13-14,19H,7-10,16H2,1H3,(H,17,20). The van der Waals surface area contributed by atoms with Crippen molar-refractivity contribution in [2.24, 2.45) is 11.8 Å². The molecule has 1 aliphatic rings. The van der Waals surface area contributed by atoms with E-state index in [0.717, 1.165) is 18.5 Å². The smallest absolute Gasteiger partial charge is 0.242 e. The highest BCUT2D eigenvalue weighted by Crippen LogP contribution is 2.27. The summed E-state index contributed by atoms with van der Waals surface area (Å²) in [6, 6.07) is 9.77. The highest BCUT2D eigenvalue weighted by Gasteiger charge is 2.33. The number of nitrogens with zero attached hydrogens (tertiary/aromatic N) is 1. The van der Waals surface area contributed by atoms with Gasteiger partial charge < -0.3 is 5.11 Å². The summed E-state index contributed by atoms with van der Waals surface area (Å²) in [6.07, 6.45) is 1.05. The minimum Gasteiger partial charge on any atom is -0.395 e. The second kappa shape index (κ2) is 6.83. The fraction of sp³-hybridized carbons (Fsp3) is 0.533. The molecule has 1 aromatic carbocycles. The zero-order chi connectivity index (χ0) is 14.5. The van der Waals surface area contributed by atoms with Crippen LogP contribution in [0, 0.1) is 5.92 Å². The van der Waals surface area contributed by atoms with Gasteiger partial charge >= 0.3 is 0 Å². The minimum atomic E-state index is -0.305. The predicted octanol–water partition coefficient (Wildman–Crippen LogP) is 0.463. The van der Waals surface area contributed by atoms with E-state index in [0.29, 0.717) is 12.5 Å². The molecule has 1 saturated heterocycles. The lowest BCUT2D eigenvalue weighted by molar-refractivity contribution is -0.123. The van der Waals surface area contributed by atoms with E-state index in [1.54, 1.807) is 0 Å². The molecule has 0 spiro atoms. The molecule has 0 saturated carbocycles. The molecule has 5 heteroatoms. The van der Waals surface area contributed by atoms with Crippen LogP contribution in [0.2, 0.25) is 0 Å². The fourth-order valence-corrected chi connectivity index (χ4v) is 2.97. The molecule has 1 aliphatic heterocycles. The van der Waals surface area contributed by atoms with Gasteiger partial charge in [-0.15, -0.1) is 0 Å². The number of aliphatic hydroxyl groups excluding tert-OH is 1. The number of carbonyl (C=O) groups is 1. The van der Waals surface area contributed by atoms with Gasteiger partial charge in [0.15, 0.2) is 0 Å². The maximum absolute atomic E-state index is 12.1. The molecule has 0 bridgehead atoms. The lowest BCUT2D eigenvalue weighted by atomic mass is 9.97. The van der Waals surface area contributed by atoms with Crippen LogP contribution in [0.25, 0.3) is 0 Å². The van der Waals surface area contributed by atoms with E-state index in [2.05, 4.69) is 17.2 Å². The molecule has 1 fully saturated rings. The summed E-state index contributed by atoms with van der Waals surface area (Å²) in [5.41, 5.74) is 3.20. The third-order valence-corrected chi connectivity index (χ3v) is 4.26. The first-order valence-corrected chi connectivity index (χ1v) is 7.07. The van der Waals surface area contributed by atoms with Gasteiger partial charge in [0.05, 0.1) is 12.5 Å². The van der Waals surface area contributed by atoms with Gasteiger partial charge in [0, 0.05) is 12.6 Å². The first-order valence-electron chi connectivity index (χ1n) is 7.07. The quantitative estimate of drug-likeness (QED) is 0.415. The Kier molecular flexibility index (Phi) is 5.11. The SMILES string of the molecule is CC1CCN(CC(C(=O)NN)c2ccccc2)C1CO. The van der Waals surface area contributed by atoms with Crippen LogP contribution in [0.4, 0.5) is 0 Å². The number of hydrogen-bond acceptors (Lipinski definition) is 4. The summed E-state index contributed by atoms with van der Waals surface area (Å²) in [5.74, 6) is 5.27. The molecule has 2 rings (SSSR count). The third-order valence-electron chi connectivity index (χ3n) is 4.26. The van der Waals surface area contributed by atoms with Gasteiger partial charge in [-0.3, -0.25) is 15.1 Å². The molecule has 3 atom stereocenters. The van der Waals surface area contributed by atoms with Crippen molar-refractivity contribution in [1.29, 1.82) is 0 Å². The number of rotatable bonds is 5. The van der Waals surface area contributed by atoms with Gasteiger partial charge in [-0.25, -0.2) is 5.84 Å². The van der Waals surface area contributed by atoms with Crippen molar-refractivity contribution >= 4 is 5.91 Å². The predicted molar refractivity (Wildman–Crippen MR) is 77.7 cm³/mol. The number of carbonyl (C=O) groups excluding carboxylic acids is 1. The molecule has 4 N–H and O–H groups in total. The summed E-state index contributed by atoms with van der Waals surface area (Å²) in [4.78, 5) is 14.2. The van der Waals surface area contributed by atoms with E-state index in [1.807, 2.05) is 30.3 Å². The molecule has 1 heterocycles. The van der Waals surface area contributed by atoms with Crippen molar-refractivity contribution in [3.8, 4) is 0 Å². The van der Waals surface area contributed by atoms with Crippen LogP contribution in [0.1, 0.15) is 24.8 Å². The Labute approximate surface area is 119 Å². The number of aliphatic hydroxyl groups is 1. The van der Waals surface area contributed by atoms with E-state index in [4.69, 9.17) is 5.84 Å². The minimum absolute atomic E-state index is 0.131. The van der Waals surface area contributed by atoms with E-state index in [-0.39, 0.29) is 24.5 Å². The molecule has 3 unspecified atom stereocenters. The molecule has 0 aliphatic carbocycles. The molecule has 0 radical (unpaired) electrons. The Morgan fingerprint density at radius 1 is 1.50 bits per heavy atom. The van der Waals surface area contributed by atoms with Crippen molar-refractivity contribution in [2.45, 2.75) is 25.3 Å². The van der Waals surface area contributed by atoms with Crippen LogP contribution in [-0.4, -0.2) is 41.7 Å². The summed E-state index contributed by atoms with van der Waals surface area (Å²) >= 11 is 0. The van der Waals surface area contributed by atoms with E-state index >= 15 is 0 Å². The average molecular weight is 277 g/mol. The lowest BCUT2D eigenvalue weighted by Gasteiger charge is -2.28. The van der Waals surface area contributed by atoms with Crippen LogP contribution in [0.5, 0.6) is 0 Å². The fourth-order valence-electron chi connectivity index (χ4n) is 2.97. The third kappa shape index (κ3) is 3.17. The molecular weight excluding hydrogens is 254 g/mol. The normalized spacial score (nSPS) is 24.6. The molecule has 0 aromatic heterocycles. The zero-order valence-corrected chi connectivity index (χ0v) is 11.8. The number of benzene rings is 1. The Hall–Kier alpha value is -1.43. The van der Waals surface area contributed by atoms with Crippen LogP contribution in [0.3, 0.4) is 0 Å². The van der Waals surface area contributed by atoms with E-state index in [9.17, 15) is 9.90 Å². The maximum Gasteiger partial charge on any atom is 0.242 e. The Bertz CT molecular complexity index is 438. The van der Waals surface area contributed by atoms with Crippen LogP contribution in [0.15, 0.2) is 30.3 Å². The number of hydrazine groups is 1. The molecule has 1 aromatic rings. The number of amides is 1. The van der Waals surface area contributed by atoms with Gasteiger partial charge in [0.2, 0.25) is 5.91 Å². The number of nitrogens with one attached hydrogen (secondary N) is 1. The first kappa shape index (κ1) is 15.0.